The molecule has 3 rings (SSSR count). The third-order valence-corrected chi connectivity index (χ3v) is 5.77. The summed E-state index contributed by atoms with van der Waals surface area (Å²) in [6.07, 6.45) is 0. The summed E-state index contributed by atoms with van der Waals surface area (Å²) in [5, 5.41) is 2.65. The Morgan fingerprint density at radius 3 is 1.97 bits per heavy atom. The molecular weight excluding hydrogens is 407 g/mol. The summed E-state index contributed by atoms with van der Waals surface area (Å²) in [6.45, 7) is 1.45. The summed E-state index contributed by atoms with van der Waals surface area (Å²) in [5.41, 5.74) is 1.94. The first-order chi connectivity index (χ1) is 14.2. The fourth-order valence-corrected chi connectivity index (χ4v) is 3.66. The van der Waals surface area contributed by atoms with E-state index in [1.807, 2.05) is 0 Å². The highest BCUT2D eigenvalue weighted by molar-refractivity contribution is 7.89. The highest BCUT2D eigenvalue weighted by atomic mass is 32.2. The van der Waals surface area contributed by atoms with Crippen molar-refractivity contribution in [2.75, 3.05) is 5.32 Å². The number of rotatable bonds is 7. The minimum absolute atomic E-state index is 0.0383. The molecule has 0 radical (unpaired) electrons. The molecule has 0 heterocycles. The second-order valence-electron chi connectivity index (χ2n) is 6.56. The van der Waals surface area contributed by atoms with Gasteiger partial charge in [0.05, 0.1) is 4.90 Å². The number of carbonyl (C=O) groups is 2. The number of benzene rings is 3. The van der Waals surface area contributed by atoms with E-state index in [9.17, 15) is 22.4 Å². The standard InChI is InChI=1S/C22H19FN2O4S/c1-15(26)17-6-12-21(13-7-17)30(28,29)24-14-16-2-4-18(5-3-16)22(27)25-20-10-8-19(23)9-11-20/h2-13,24H,14H2,1H3,(H,25,27). The number of anilines is 1. The molecule has 3 aromatic carbocycles. The van der Waals surface area contributed by atoms with Gasteiger partial charge in [-0.15, -0.1) is 0 Å². The average Bonchev–Trinajstić information content (AvgIpc) is 2.74. The van der Waals surface area contributed by atoms with Gasteiger partial charge in [0.2, 0.25) is 10.0 Å². The molecule has 0 saturated carbocycles. The number of nitrogens with one attached hydrogen (secondary N) is 2. The fraction of sp³-hybridized carbons (Fsp3) is 0.0909. The number of carbonyl (C=O) groups excluding carboxylic acids is 2. The molecular formula is C22H19FN2O4S. The summed E-state index contributed by atoms with van der Waals surface area (Å²) in [4.78, 5) is 23.6. The Balaban J connectivity index is 1.61. The lowest BCUT2D eigenvalue weighted by Gasteiger charge is -2.09. The Morgan fingerprint density at radius 1 is 0.833 bits per heavy atom. The largest absolute Gasteiger partial charge is 0.322 e. The van der Waals surface area contributed by atoms with Crippen molar-refractivity contribution in [1.82, 2.24) is 4.72 Å². The number of hydrogen-bond donors (Lipinski definition) is 2. The van der Waals surface area contributed by atoms with Crippen molar-refractivity contribution in [3.63, 3.8) is 0 Å². The van der Waals surface area contributed by atoms with E-state index in [0.717, 1.165) is 0 Å². The quantitative estimate of drug-likeness (QED) is 0.563. The Bertz CT molecular complexity index is 1160. The summed E-state index contributed by atoms with van der Waals surface area (Å²) < 4.78 is 40.2. The highest BCUT2D eigenvalue weighted by Gasteiger charge is 2.14. The van der Waals surface area contributed by atoms with Gasteiger partial charge >= 0.3 is 0 Å². The van der Waals surface area contributed by atoms with Crippen molar-refractivity contribution < 1.29 is 22.4 Å². The molecule has 0 aliphatic heterocycles. The van der Waals surface area contributed by atoms with Crippen LogP contribution < -0.4 is 10.0 Å². The van der Waals surface area contributed by atoms with E-state index in [0.29, 0.717) is 22.4 Å². The van der Waals surface area contributed by atoms with Crippen molar-refractivity contribution >= 4 is 27.4 Å². The van der Waals surface area contributed by atoms with Crippen LogP contribution in [0.15, 0.2) is 77.7 Å². The molecule has 0 atom stereocenters. The summed E-state index contributed by atoms with van der Waals surface area (Å²) in [6, 6.07) is 17.5. The van der Waals surface area contributed by atoms with Crippen molar-refractivity contribution in [3.05, 3.63) is 95.3 Å². The molecule has 0 aliphatic carbocycles. The SMILES string of the molecule is CC(=O)c1ccc(S(=O)(=O)NCc2ccc(C(=O)Nc3ccc(F)cc3)cc2)cc1. The van der Waals surface area contributed by atoms with Gasteiger partial charge in [-0.2, -0.15) is 0 Å². The van der Waals surface area contributed by atoms with E-state index in [4.69, 9.17) is 0 Å². The van der Waals surface area contributed by atoms with Crippen LogP contribution in [0.4, 0.5) is 10.1 Å². The molecule has 0 aliphatic rings. The maximum Gasteiger partial charge on any atom is 0.255 e. The van der Waals surface area contributed by atoms with Gasteiger partial charge in [0.15, 0.2) is 5.78 Å². The number of halogens is 1. The van der Waals surface area contributed by atoms with E-state index in [-0.39, 0.29) is 23.1 Å². The van der Waals surface area contributed by atoms with Gasteiger partial charge < -0.3 is 5.32 Å². The lowest BCUT2D eigenvalue weighted by atomic mass is 10.1. The zero-order chi connectivity index (χ0) is 21.7. The van der Waals surface area contributed by atoms with Crippen LogP contribution in [0, 0.1) is 5.82 Å². The maximum absolute atomic E-state index is 12.9. The van der Waals surface area contributed by atoms with Crippen LogP contribution in [0.2, 0.25) is 0 Å². The number of hydrogen-bond acceptors (Lipinski definition) is 4. The Labute approximate surface area is 173 Å². The molecule has 2 N–H and O–H groups in total. The van der Waals surface area contributed by atoms with Crippen molar-refractivity contribution in [1.29, 1.82) is 0 Å². The van der Waals surface area contributed by atoms with Crippen LogP contribution in [0.25, 0.3) is 0 Å². The lowest BCUT2D eigenvalue weighted by Crippen LogP contribution is -2.23. The van der Waals surface area contributed by atoms with E-state index in [1.165, 1.54) is 55.5 Å². The molecule has 0 bridgehead atoms. The molecule has 30 heavy (non-hydrogen) atoms. The predicted octanol–water partition coefficient (Wildman–Crippen LogP) is 3.76. The van der Waals surface area contributed by atoms with E-state index in [2.05, 4.69) is 10.0 Å². The number of Topliss-reactive ketones (excluding diaryl/α,β-unsaturated/α-hetero) is 1. The zero-order valence-electron chi connectivity index (χ0n) is 16.1. The van der Waals surface area contributed by atoms with Gasteiger partial charge in [-0.1, -0.05) is 24.3 Å². The van der Waals surface area contributed by atoms with Crippen LogP contribution in [-0.2, 0) is 16.6 Å². The number of amides is 1. The van der Waals surface area contributed by atoms with E-state index in [1.54, 1.807) is 24.3 Å². The number of sulfonamides is 1. The molecule has 0 spiro atoms. The first kappa shape index (κ1) is 21.4. The van der Waals surface area contributed by atoms with E-state index >= 15 is 0 Å². The molecule has 1 amide bonds. The smallest absolute Gasteiger partial charge is 0.255 e. The first-order valence-corrected chi connectivity index (χ1v) is 10.5. The topological polar surface area (TPSA) is 92.3 Å². The number of ketones is 1. The van der Waals surface area contributed by atoms with Gasteiger partial charge in [-0.25, -0.2) is 17.5 Å². The summed E-state index contributed by atoms with van der Waals surface area (Å²) >= 11 is 0. The van der Waals surface area contributed by atoms with Crippen LogP contribution in [0.3, 0.4) is 0 Å². The van der Waals surface area contributed by atoms with Crippen LogP contribution in [0.1, 0.15) is 33.2 Å². The second-order valence-corrected chi connectivity index (χ2v) is 8.33. The molecule has 0 aromatic heterocycles. The molecule has 6 nitrogen and oxygen atoms in total. The van der Waals surface area contributed by atoms with E-state index < -0.39 is 15.8 Å². The van der Waals surface area contributed by atoms with Gasteiger partial charge in [-0.3, -0.25) is 9.59 Å². The van der Waals surface area contributed by atoms with Crippen molar-refractivity contribution in [3.8, 4) is 0 Å². The zero-order valence-corrected chi connectivity index (χ0v) is 16.9. The summed E-state index contributed by atoms with van der Waals surface area (Å²) in [5.74, 6) is -0.899. The van der Waals surface area contributed by atoms with Crippen LogP contribution in [0.5, 0.6) is 0 Å². The molecule has 0 unspecified atom stereocenters. The van der Waals surface area contributed by atoms with Crippen molar-refractivity contribution in [2.24, 2.45) is 0 Å². The predicted molar refractivity (Wildman–Crippen MR) is 111 cm³/mol. The fourth-order valence-electron chi connectivity index (χ4n) is 2.64. The maximum atomic E-state index is 12.9. The minimum Gasteiger partial charge on any atom is -0.322 e. The molecule has 8 heteroatoms. The Hall–Kier alpha value is -3.36. The molecule has 154 valence electrons. The van der Waals surface area contributed by atoms with Crippen molar-refractivity contribution in [2.45, 2.75) is 18.4 Å². The first-order valence-electron chi connectivity index (χ1n) is 9.01. The Kier molecular flexibility index (Phi) is 6.39. The van der Waals surface area contributed by atoms with Crippen LogP contribution >= 0.6 is 0 Å². The normalized spacial score (nSPS) is 11.1. The van der Waals surface area contributed by atoms with Gasteiger partial charge in [0.25, 0.3) is 5.91 Å². The summed E-state index contributed by atoms with van der Waals surface area (Å²) in [7, 11) is -3.74. The third kappa shape index (κ3) is 5.37. The van der Waals surface area contributed by atoms with Gasteiger partial charge in [-0.05, 0) is 61.0 Å². The third-order valence-electron chi connectivity index (χ3n) is 4.36. The molecule has 3 aromatic rings. The van der Waals surface area contributed by atoms with Gasteiger partial charge in [0, 0.05) is 23.4 Å². The highest BCUT2D eigenvalue weighted by Crippen LogP contribution is 2.14. The Morgan fingerprint density at radius 2 is 1.40 bits per heavy atom. The van der Waals surface area contributed by atoms with Crippen LogP contribution in [-0.4, -0.2) is 20.1 Å². The monoisotopic (exact) mass is 426 g/mol. The molecule has 0 saturated heterocycles. The molecule has 0 fully saturated rings. The second kappa shape index (κ2) is 8.98. The lowest BCUT2D eigenvalue weighted by molar-refractivity contribution is 0.101. The van der Waals surface area contributed by atoms with Gasteiger partial charge in [0.1, 0.15) is 5.82 Å². The average molecular weight is 426 g/mol. The minimum atomic E-state index is -3.74.